The topological polar surface area (TPSA) is 21.7 Å². The van der Waals surface area contributed by atoms with Crippen molar-refractivity contribution in [3.8, 4) is 0 Å². The summed E-state index contributed by atoms with van der Waals surface area (Å²) in [5, 5.41) is 1.22. The molecule has 0 spiro atoms. The lowest BCUT2D eigenvalue weighted by atomic mass is 9.86. The highest BCUT2D eigenvalue weighted by molar-refractivity contribution is 6.35. The van der Waals surface area contributed by atoms with E-state index in [2.05, 4.69) is 29.2 Å². The van der Waals surface area contributed by atoms with Crippen molar-refractivity contribution in [1.82, 2.24) is 4.90 Å². The predicted octanol–water partition coefficient (Wildman–Crippen LogP) is 4.48. The Balaban J connectivity index is 1.75. The Kier molecular flexibility index (Phi) is 4.85. The lowest BCUT2D eigenvalue weighted by molar-refractivity contribution is -0.105. The Morgan fingerprint density at radius 2 is 1.76 bits per heavy atom. The molecule has 3 nitrogen and oxygen atoms in total. The normalized spacial score (nSPS) is 26.9. The van der Waals surface area contributed by atoms with Crippen LogP contribution in [0.15, 0.2) is 60.7 Å². The second-order valence-electron chi connectivity index (χ2n) is 6.24. The largest absolute Gasteiger partial charge is 0.379 e. The van der Waals surface area contributed by atoms with Crippen molar-refractivity contribution in [2.24, 2.45) is 0 Å². The minimum absolute atomic E-state index is 0.101. The molecule has 2 aliphatic rings. The van der Waals surface area contributed by atoms with Gasteiger partial charge in [0.2, 0.25) is 0 Å². The molecular weight excluding hydrogens is 357 g/mol. The Labute approximate surface area is 157 Å². The van der Waals surface area contributed by atoms with Crippen LogP contribution in [0.5, 0.6) is 0 Å². The maximum Gasteiger partial charge on any atom is 0.140 e. The van der Waals surface area contributed by atoms with Gasteiger partial charge in [-0.2, -0.15) is 0 Å². The fourth-order valence-corrected chi connectivity index (χ4v) is 4.01. The summed E-state index contributed by atoms with van der Waals surface area (Å²) in [4.78, 5) is 2.29. The highest BCUT2D eigenvalue weighted by atomic mass is 35.5. The molecule has 0 aliphatic carbocycles. The first-order valence-corrected chi connectivity index (χ1v) is 9.15. The summed E-state index contributed by atoms with van der Waals surface area (Å²) in [6.07, 6.45) is 4.12. The third-order valence-electron chi connectivity index (χ3n) is 4.74. The molecule has 130 valence electrons. The fourth-order valence-electron chi connectivity index (χ4n) is 3.46. The first kappa shape index (κ1) is 17.1. The van der Waals surface area contributed by atoms with Crippen molar-refractivity contribution in [1.29, 1.82) is 0 Å². The van der Waals surface area contributed by atoms with Gasteiger partial charge >= 0.3 is 0 Å². The summed E-state index contributed by atoms with van der Waals surface area (Å²) in [5.74, 6) is 0. The number of ether oxygens (including phenoxy) is 2. The van der Waals surface area contributed by atoms with Gasteiger partial charge in [0.15, 0.2) is 0 Å². The number of nitrogens with zero attached hydrogens (tertiary/aromatic N) is 1. The van der Waals surface area contributed by atoms with E-state index in [1.54, 1.807) is 6.07 Å². The standard InChI is InChI=1S/C20H19Cl2NO2/c21-16-6-7-17(18(22)14-16)20(15-4-2-1-3-5-15)9-8-19(25-20)23-10-12-24-13-11-23/h1-9,14,19H,10-13H2. The van der Waals surface area contributed by atoms with Gasteiger partial charge in [-0.25, -0.2) is 0 Å². The third-order valence-corrected chi connectivity index (χ3v) is 5.29. The van der Waals surface area contributed by atoms with Crippen LogP contribution in [0.25, 0.3) is 0 Å². The molecule has 1 fully saturated rings. The highest BCUT2D eigenvalue weighted by Crippen LogP contribution is 2.44. The summed E-state index contributed by atoms with van der Waals surface area (Å²) in [5.41, 5.74) is 1.23. The van der Waals surface area contributed by atoms with Crippen LogP contribution in [0.1, 0.15) is 11.1 Å². The van der Waals surface area contributed by atoms with E-state index in [-0.39, 0.29) is 6.23 Å². The van der Waals surface area contributed by atoms with Crippen LogP contribution in [0.3, 0.4) is 0 Å². The molecule has 25 heavy (non-hydrogen) atoms. The van der Waals surface area contributed by atoms with Crippen LogP contribution in [-0.2, 0) is 15.1 Å². The molecule has 0 amide bonds. The third kappa shape index (κ3) is 3.23. The summed E-state index contributed by atoms with van der Waals surface area (Å²) in [6.45, 7) is 3.17. The second kappa shape index (κ2) is 7.10. The zero-order chi connectivity index (χ0) is 17.3. The number of rotatable bonds is 3. The summed E-state index contributed by atoms with van der Waals surface area (Å²) in [6, 6.07) is 15.7. The fraction of sp³-hybridized carbons (Fsp3) is 0.300. The van der Waals surface area contributed by atoms with Gasteiger partial charge in [-0.15, -0.1) is 0 Å². The lowest BCUT2D eigenvalue weighted by Gasteiger charge is -2.36. The van der Waals surface area contributed by atoms with Gasteiger partial charge in [-0.1, -0.05) is 59.6 Å². The van der Waals surface area contributed by atoms with Crippen molar-refractivity contribution < 1.29 is 9.47 Å². The van der Waals surface area contributed by atoms with E-state index >= 15 is 0 Å². The van der Waals surface area contributed by atoms with Crippen LogP contribution in [0.2, 0.25) is 10.0 Å². The molecule has 1 saturated heterocycles. The van der Waals surface area contributed by atoms with Crippen LogP contribution < -0.4 is 0 Å². The van der Waals surface area contributed by atoms with Gasteiger partial charge in [0, 0.05) is 28.7 Å². The van der Waals surface area contributed by atoms with E-state index < -0.39 is 5.60 Å². The van der Waals surface area contributed by atoms with Crippen molar-refractivity contribution >= 4 is 23.2 Å². The number of hydrogen-bond donors (Lipinski definition) is 0. The maximum absolute atomic E-state index is 6.61. The Morgan fingerprint density at radius 1 is 1.00 bits per heavy atom. The van der Waals surface area contributed by atoms with E-state index in [0.717, 1.165) is 37.4 Å². The zero-order valence-electron chi connectivity index (χ0n) is 13.7. The van der Waals surface area contributed by atoms with E-state index in [1.165, 1.54) is 0 Å². The van der Waals surface area contributed by atoms with Gasteiger partial charge in [-0.3, -0.25) is 4.90 Å². The van der Waals surface area contributed by atoms with E-state index in [1.807, 2.05) is 30.3 Å². The quantitative estimate of drug-likeness (QED) is 0.738. The van der Waals surface area contributed by atoms with Gasteiger partial charge in [0.05, 0.1) is 13.2 Å². The lowest BCUT2D eigenvalue weighted by Crippen LogP contribution is -2.45. The molecular formula is C20H19Cl2NO2. The molecule has 2 heterocycles. The average molecular weight is 376 g/mol. The molecule has 2 aromatic carbocycles. The van der Waals surface area contributed by atoms with Gasteiger partial charge in [-0.05, 0) is 29.8 Å². The smallest absolute Gasteiger partial charge is 0.140 e. The molecule has 0 bridgehead atoms. The van der Waals surface area contributed by atoms with E-state index in [9.17, 15) is 0 Å². The summed E-state index contributed by atoms with van der Waals surface area (Å²) in [7, 11) is 0. The van der Waals surface area contributed by atoms with E-state index in [4.69, 9.17) is 32.7 Å². The zero-order valence-corrected chi connectivity index (χ0v) is 15.2. The minimum atomic E-state index is -0.716. The van der Waals surface area contributed by atoms with Gasteiger partial charge < -0.3 is 9.47 Å². The Morgan fingerprint density at radius 3 is 2.48 bits per heavy atom. The molecule has 0 aromatic heterocycles. The number of hydrogen-bond acceptors (Lipinski definition) is 3. The molecule has 2 aliphatic heterocycles. The molecule has 2 aromatic rings. The van der Waals surface area contributed by atoms with E-state index in [0.29, 0.717) is 10.0 Å². The van der Waals surface area contributed by atoms with Gasteiger partial charge in [0.1, 0.15) is 11.8 Å². The molecule has 4 rings (SSSR count). The number of morpholine rings is 1. The van der Waals surface area contributed by atoms with Crippen molar-refractivity contribution in [3.05, 3.63) is 81.9 Å². The van der Waals surface area contributed by atoms with Crippen LogP contribution >= 0.6 is 23.2 Å². The van der Waals surface area contributed by atoms with Crippen LogP contribution in [-0.4, -0.2) is 37.4 Å². The van der Waals surface area contributed by atoms with Crippen molar-refractivity contribution in [2.45, 2.75) is 11.8 Å². The molecule has 0 N–H and O–H groups in total. The number of benzene rings is 2. The average Bonchev–Trinajstić information content (AvgIpc) is 3.09. The Bertz CT molecular complexity index is 775. The van der Waals surface area contributed by atoms with Crippen LogP contribution in [0, 0.1) is 0 Å². The Hall–Kier alpha value is -1.36. The first-order valence-electron chi connectivity index (χ1n) is 8.39. The summed E-state index contributed by atoms with van der Waals surface area (Å²) >= 11 is 12.7. The second-order valence-corrected chi connectivity index (χ2v) is 7.09. The maximum atomic E-state index is 6.61. The van der Waals surface area contributed by atoms with Crippen LogP contribution in [0.4, 0.5) is 0 Å². The summed E-state index contributed by atoms with van der Waals surface area (Å²) < 4.78 is 12.1. The highest BCUT2D eigenvalue weighted by Gasteiger charge is 2.42. The SMILES string of the molecule is Clc1ccc(C2(c3ccccc3)C=CC(N3CCOCC3)O2)c(Cl)c1. The monoisotopic (exact) mass is 375 g/mol. The first-order chi connectivity index (χ1) is 12.2. The predicted molar refractivity (Wildman–Crippen MR) is 100 cm³/mol. The van der Waals surface area contributed by atoms with Crippen molar-refractivity contribution in [3.63, 3.8) is 0 Å². The molecule has 0 radical (unpaired) electrons. The molecule has 5 heteroatoms. The van der Waals surface area contributed by atoms with Crippen molar-refractivity contribution in [2.75, 3.05) is 26.3 Å². The van der Waals surface area contributed by atoms with Gasteiger partial charge in [0.25, 0.3) is 0 Å². The number of halogens is 2. The molecule has 2 atom stereocenters. The minimum Gasteiger partial charge on any atom is -0.379 e. The molecule has 0 saturated carbocycles. The molecule has 2 unspecified atom stereocenters.